The maximum absolute atomic E-state index is 13.9. The van der Waals surface area contributed by atoms with Crippen LogP contribution in [0, 0.1) is 11.6 Å². The summed E-state index contributed by atoms with van der Waals surface area (Å²) in [6.45, 7) is 3.41. The van der Waals surface area contributed by atoms with Gasteiger partial charge in [0.2, 0.25) is 0 Å². The lowest BCUT2D eigenvalue weighted by molar-refractivity contribution is -0.137. The molecule has 0 spiro atoms. The monoisotopic (exact) mass is 318 g/mol. The van der Waals surface area contributed by atoms with Gasteiger partial charge in [-0.25, -0.2) is 8.78 Å². The van der Waals surface area contributed by atoms with Crippen LogP contribution in [0.2, 0.25) is 5.02 Å². The van der Waals surface area contributed by atoms with E-state index in [1.165, 1.54) is 12.1 Å². The molecule has 0 radical (unpaired) electrons. The van der Waals surface area contributed by atoms with Crippen LogP contribution in [0.3, 0.4) is 0 Å². The summed E-state index contributed by atoms with van der Waals surface area (Å²) >= 11 is 5.51. The van der Waals surface area contributed by atoms with Crippen molar-refractivity contribution in [2.75, 3.05) is 0 Å². The second-order valence-electron chi connectivity index (χ2n) is 4.25. The SMILES string of the molecule is C=Cc1cc(F)cc(F)c1-c1ccc(Cl)c(C(F)(F)F)c1. The minimum absolute atomic E-state index is 0.0564. The third-order valence-corrected chi connectivity index (χ3v) is 3.20. The zero-order valence-corrected chi connectivity index (χ0v) is 11.2. The van der Waals surface area contributed by atoms with Gasteiger partial charge in [-0.1, -0.05) is 30.3 Å². The van der Waals surface area contributed by atoms with Crippen molar-refractivity contribution in [1.82, 2.24) is 0 Å². The molecular formula is C15H8ClF5. The van der Waals surface area contributed by atoms with Gasteiger partial charge >= 0.3 is 6.18 Å². The van der Waals surface area contributed by atoms with E-state index < -0.39 is 28.4 Å². The highest BCUT2D eigenvalue weighted by molar-refractivity contribution is 6.31. The van der Waals surface area contributed by atoms with Crippen LogP contribution < -0.4 is 0 Å². The quantitative estimate of drug-likeness (QED) is 0.600. The molecule has 21 heavy (non-hydrogen) atoms. The third-order valence-electron chi connectivity index (χ3n) is 2.87. The van der Waals surface area contributed by atoms with E-state index in [1.807, 2.05) is 0 Å². The Hall–Kier alpha value is -1.88. The van der Waals surface area contributed by atoms with E-state index in [4.69, 9.17) is 11.6 Å². The molecule has 2 rings (SSSR count). The summed E-state index contributed by atoms with van der Waals surface area (Å²) in [7, 11) is 0. The van der Waals surface area contributed by atoms with E-state index in [1.54, 1.807) is 0 Å². The molecule has 0 aliphatic rings. The zero-order valence-electron chi connectivity index (χ0n) is 10.4. The van der Waals surface area contributed by atoms with Gasteiger partial charge in [-0.15, -0.1) is 0 Å². The summed E-state index contributed by atoms with van der Waals surface area (Å²) in [6.07, 6.45) is -3.50. The molecule has 0 nitrogen and oxygen atoms in total. The third kappa shape index (κ3) is 3.08. The van der Waals surface area contributed by atoms with Crippen LogP contribution >= 0.6 is 11.6 Å². The molecular weight excluding hydrogens is 311 g/mol. The summed E-state index contributed by atoms with van der Waals surface area (Å²) in [5.41, 5.74) is -1.24. The maximum Gasteiger partial charge on any atom is 0.417 e. The van der Waals surface area contributed by atoms with Crippen LogP contribution in [0.4, 0.5) is 22.0 Å². The van der Waals surface area contributed by atoms with Crippen LogP contribution in [0.5, 0.6) is 0 Å². The molecule has 0 heterocycles. The number of benzene rings is 2. The molecule has 0 unspecified atom stereocenters. The Kier molecular flexibility index (Phi) is 4.05. The van der Waals surface area contributed by atoms with Gasteiger partial charge in [-0.05, 0) is 29.3 Å². The minimum atomic E-state index is -4.67. The van der Waals surface area contributed by atoms with Crippen molar-refractivity contribution in [3.8, 4) is 11.1 Å². The number of rotatable bonds is 2. The van der Waals surface area contributed by atoms with E-state index in [9.17, 15) is 22.0 Å². The topological polar surface area (TPSA) is 0 Å². The fraction of sp³-hybridized carbons (Fsp3) is 0.0667. The second kappa shape index (κ2) is 5.48. The molecule has 0 fully saturated rings. The van der Waals surface area contributed by atoms with Crippen LogP contribution in [-0.4, -0.2) is 0 Å². The highest BCUT2D eigenvalue weighted by Gasteiger charge is 2.33. The molecule has 110 valence electrons. The first kappa shape index (κ1) is 15.5. The fourth-order valence-corrected chi connectivity index (χ4v) is 2.18. The van der Waals surface area contributed by atoms with Crippen molar-refractivity contribution < 1.29 is 22.0 Å². The van der Waals surface area contributed by atoms with Gasteiger partial charge in [0.1, 0.15) is 11.6 Å². The Morgan fingerprint density at radius 1 is 1.05 bits per heavy atom. The number of alkyl halides is 3. The molecule has 6 heteroatoms. The van der Waals surface area contributed by atoms with E-state index >= 15 is 0 Å². The van der Waals surface area contributed by atoms with Crippen molar-refractivity contribution in [1.29, 1.82) is 0 Å². The van der Waals surface area contributed by atoms with Crippen molar-refractivity contribution >= 4 is 17.7 Å². The lowest BCUT2D eigenvalue weighted by atomic mass is 9.97. The fourth-order valence-electron chi connectivity index (χ4n) is 1.96. The Labute approximate surface area is 122 Å². The van der Waals surface area contributed by atoms with Crippen LogP contribution in [0.25, 0.3) is 17.2 Å². The average molecular weight is 319 g/mol. The molecule has 0 N–H and O–H groups in total. The lowest BCUT2D eigenvalue weighted by Gasteiger charge is -2.13. The molecule has 2 aromatic carbocycles. The van der Waals surface area contributed by atoms with Gasteiger partial charge < -0.3 is 0 Å². The minimum Gasteiger partial charge on any atom is -0.207 e. The molecule has 0 atom stereocenters. The molecule has 2 aromatic rings. The van der Waals surface area contributed by atoms with E-state index in [-0.39, 0.29) is 16.7 Å². The standard InChI is InChI=1S/C15H8ClF5/c1-2-8-5-10(17)7-13(18)14(8)9-3-4-12(16)11(6-9)15(19,20)21/h2-7H,1H2. The maximum atomic E-state index is 13.9. The summed E-state index contributed by atoms with van der Waals surface area (Å²) in [5.74, 6) is -1.81. The highest BCUT2D eigenvalue weighted by Crippen LogP contribution is 2.38. The van der Waals surface area contributed by atoms with Gasteiger partial charge in [0.15, 0.2) is 0 Å². The largest absolute Gasteiger partial charge is 0.417 e. The molecule has 0 aromatic heterocycles. The normalized spacial score (nSPS) is 11.5. The first-order chi connectivity index (χ1) is 9.74. The van der Waals surface area contributed by atoms with Crippen molar-refractivity contribution in [2.24, 2.45) is 0 Å². The number of halogens is 6. The van der Waals surface area contributed by atoms with Gasteiger partial charge in [0.25, 0.3) is 0 Å². The van der Waals surface area contributed by atoms with Gasteiger partial charge in [0.05, 0.1) is 10.6 Å². The molecule has 0 amide bonds. The first-order valence-electron chi connectivity index (χ1n) is 5.72. The van der Waals surface area contributed by atoms with Crippen molar-refractivity contribution in [2.45, 2.75) is 6.18 Å². The molecule has 0 bridgehead atoms. The molecule has 0 saturated heterocycles. The molecule has 0 saturated carbocycles. The van der Waals surface area contributed by atoms with Crippen LogP contribution in [0.15, 0.2) is 36.9 Å². The smallest absolute Gasteiger partial charge is 0.207 e. The van der Waals surface area contributed by atoms with Crippen LogP contribution in [-0.2, 0) is 6.18 Å². The molecule has 0 aliphatic carbocycles. The summed E-state index contributed by atoms with van der Waals surface area (Å²) < 4.78 is 65.6. The van der Waals surface area contributed by atoms with Gasteiger partial charge in [0, 0.05) is 11.6 Å². The Balaban J connectivity index is 2.71. The second-order valence-corrected chi connectivity index (χ2v) is 4.66. The van der Waals surface area contributed by atoms with E-state index in [0.717, 1.165) is 18.2 Å². The summed E-state index contributed by atoms with van der Waals surface area (Å²) in [4.78, 5) is 0. The summed E-state index contributed by atoms with van der Waals surface area (Å²) in [6, 6.07) is 4.58. The average Bonchev–Trinajstić information content (AvgIpc) is 2.37. The lowest BCUT2D eigenvalue weighted by Crippen LogP contribution is -2.06. The van der Waals surface area contributed by atoms with Crippen molar-refractivity contribution in [3.63, 3.8) is 0 Å². The number of hydrogen-bond acceptors (Lipinski definition) is 0. The number of hydrogen-bond donors (Lipinski definition) is 0. The van der Waals surface area contributed by atoms with Crippen molar-refractivity contribution in [3.05, 3.63) is 64.7 Å². The van der Waals surface area contributed by atoms with Crippen LogP contribution in [0.1, 0.15) is 11.1 Å². The van der Waals surface area contributed by atoms with E-state index in [0.29, 0.717) is 6.07 Å². The predicted octanol–water partition coefficient (Wildman–Crippen LogP) is 5.95. The Morgan fingerprint density at radius 2 is 1.71 bits per heavy atom. The Morgan fingerprint density at radius 3 is 2.29 bits per heavy atom. The van der Waals surface area contributed by atoms with E-state index in [2.05, 4.69) is 6.58 Å². The summed E-state index contributed by atoms with van der Waals surface area (Å²) in [5, 5.41) is -0.492. The predicted molar refractivity (Wildman–Crippen MR) is 71.9 cm³/mol. The first-order valence-corrected chi connectivity index (χ1v) is 6.10. The molecule has 0 aliphatic heterocycles. The van der Waals surface area contributed by atoms with Gasteiger partial charge in [-0.2, -0.15) is 13.2 Å². The van der Waals surface area contributed by atoms with Gasteiger partial charge in [-0.3, -0.25) is 0 Å². The Bertz CT molecular complexity index is 704. The zero-order chi connectivity index (χ0) is 15.8. The highest BCUT2D eigenvalue weighted by atomic mass is 35.5.